The van der Waals surface area contributed by atoms with Gasteiger partial charge in [0.2, 0.25) is 0 Å². The Morgan fingerprint density at radius 3 is 2.06 bits per heavy atom. The van der Waals surface area contributed by atoms with Crippen LogP contribution in [-0.2, 0) is 17.5 Å². The molecular weight excluding hydrogens is 231 g/mol. The van der Waals surface area contributed by atoms with E-state index in [9.17, 15) is 13.2 Å². The highest BCUT2D eigenvalue weighted by atomic mass is 19.4. The first-order valence-electron chi connectivity index (χ1n) is 5.21. The van der Waals surface area contributed by atoms with E-state index in [1.807, 2.05) is 13.8 Å². The van der Waals surface area contributed by atoms with E-state index in [1.54, 1.807) is 0 Å². The maximum Gasteiger partial charge on any atom is 0.416 e. The Balaban J connectivity index is 2.52. The third kappa shape index (κ3) is 5.19. The molecule has 0 saturated heterocycles. The fourth-order valence-electron chi connectivity index (χ4n) is 1.22. The van der Waals surface area contributed by atoms with Gasteiger partial charge in [-0.1, -0.05) is 12.1 Å². The van der Waals surface area contributed by atoms with Gasteiger partial charge in [-0.15, -0.1) is 0 Å². The van der Waals surface area contributed by atoms with Crippen molar-refractivity contribution in [3.63, 3.8) is 0 Å². The number of halogens is 3. The van der Waals surface area contributed by atoms with Crippen LogP contribution in [0.3, 0.4) is 0 Å². The highest BCUT2D eigenvalue weighted by Gasteiger charge is 2.29. The molecule has 0 radical (unpaired) electrons. The molecule has 5 heteroatoms. The normalized spacial score (nSPS) is 12.8. The van der Waals surface area contributed by atoms with Crippen molar-refractivity contribution in [1.82, 2.24) is 0 Å². The summed E-state index contributed by atoms with van der Waals surface area (Å²) < 4.78 is 42.1. The zero-order valence-electron chi connectivity index (χ0n) is 9.84. The minimum Gasteiger partial charge on any atom is -0.375 e. The lowest BCUT2D eigenvalue weighted by Crippen LogP contribution is -2.37. The van der Waals surface area contributed by atoms with E-state index < -0.39 is 17.3 Å². The summed E-state index contributed by atoms with van der Waals surface area (Å²) in [6, 6.07) is 4.91. The number of ether oxygens (including phenoxy) is 1. The van der Waals surface area contributed by atoms with E-state index in [0.717, 1.165) is 12.1 Å². The van der Waals surface area contributed by atoms with Gasteiger partial charge in [0.25, 0.3) is 0 Å². The highest BCUT2D eigenvalue weighted by molar-refractivity contribution is 5.24. The van der Waals surface area contributed by atoms with Crippen molar-refractivity contribution >= 4 is 0 Å². The Bertz CT molecular complexity index is 351. The van der Waals surface area contributed by atoms with Gasteiger partial charge >= 0.3 is 6.18 Å². The molecule has 0 aliphatic rings. The van der Waals surface area contributed by atoms with E-state index in [4.69, 9.17) is 10.5 Å². The summed E-state index contributed by atoms with van der Waals surface area (Å²) in [7, 11) is 0. The molecule has 0 bridgehead atoms. The van der Waals surface area contributed by atoms with Crippen LogP contribution in [0.25, 0.3) is 0 Å². The summed E-state index contributed by atoms with van der Waals surface area (Å²) in [4.78, 5) is 0. The summed E-state index contributed by atoms with van der Waals surface area (Å²) in [5.74, 6) is 0. The van der Waals surface area contributed by atoms with Crippen LogP contribution < -0.4 is 5.73 Å². The van der Waals surface area contributed by atoms with E-state index in [2.05, 4.69) is 0 Å². The number of nitrogens with two attached hydrogens (primary N) is 1. The Hall–Kier alpha value is -1.07. The molecule has 0 spiro atoms. The second kappa shape index (κ2) is 5.06. The maximum atomic E-state index is 12.3. The first-order valence-corrected chi connectivity index (χ1v) is 5.21. The molecule has 0 atom stereocenters. The molecule has 0 fully saturated rings. The number of alkyl halides is 3. The fourth-order valence-corrected chi connectivity index (χ4v) is 1.22. The zero-order chi connectivity index (χ0) is 13.1. The van der Waals surface area contributed by atoms with Crippen LogP contribution in [0.1, 0.15) is 25.0 Å². The molecule has 0 heterocycles. The maximum absolute atomic E-state index is 12.3. The summed E-state index contributed by atoms with van der Waals surface area (Å²) in [6.07, 6.45) is -4.29. The summed E-state index contributed by atoms with van der Waals surface area (Å²) in [5.41, 5.74) is 5.31. The number of hydrogen-bond acceptors (Lipinski definition) is 2. The summed E-state index contributed by atoms with van der Waals surface area (Å²) in [5, 5.41) is 0. The van der Waals surface area contributed by atoms with Gasteiger partial charge in [0.15, 0.2) is 0 Å². The lowest BCUT2D eigenvalue weighted by atomic mass is 10.1. The predicted molar refractivity (Wildman–Crippen MR) is 59.4 cm³/mol. The molecule has 17 heavy (non-hydrogen) atoms. The van der Waals surface area contributed by atoms with E-state index in [-0.39, 0.29) is 6.61 Å². The van der Waals surface area contributed by atoms with Crippen molar-refractivity contribution in [2.24, 2.45) is 5.73 Å². The van der Waals surface area contributed by atoms with Crippen LogP contribution in [0.2, 0.25) is 0 Å². The fraction of sp³-hybridized carbons (Fsp3) is 0.500. The minimum absolute atomic E-state index is 0.263. The Morgan fingerprint density at radius 2 is 1.65 bits per heavy atom. The van der Waals surface area contributed by atoms with Gasteiger partial charge in [0.1, 0.15) is 0 Å². The molecular formula is C12H16F3NO. The second-order valence-electron chi connectivity index (χ2n) is 4.68. The van der Waals surface area contributed by atoms with Crippen molar-refractivity contribution in [2.75, 3.05) is 6.61 Å². The minimum atomic E-state index is -4.29. The zero-order valence-corrected chi connectivity index (χ0v) is 9.84. The third-order valence-electron chi connectivity index (χ3n) is 2.02. The Kier molecular flexibility index (Phi) is 4.16. The summed E-state index contributed by atoms with van der Waals surface area (Å²) in [6.45, 7) is 4.26. The van der Waals surface area contributed by atoms with Crippen LogP contribution in [0.5, 0.6) is 0 Å². The van der Waals surface area contributed by atoms with Crippen molar-refractivity contribution in [3.05, 3.63) is 35.4 Å². The van der Waals surface area contributed by atoms with Crippen LogP contribution in [0.15, 0.2) is 24.3 Å². The van der Waals surface area contributed by atoms with Crippen LogP contribution in [-0.4, -0.2) is 12.1 Å². The second-order valence-corrected chi connectivity index (χ2v) is 4.68. The van der Waals surface area contributed by atoms with Crippen molar-refractivity contribution in [3.8, 4) is 0 Å². The first-order chi connectivity index (χ1) is 7.68. The molecule has 2 nitrogen and oxygen atoms in total. The van der Waals surface area contributed by atoms with Crippen LogP contribution >= 0.6 is 0 Å². The largest absolute Gasteiger partial charge is 0.416 e. The molecule has 1 aromatic carbocycles. The molecule has 0 aliphatic carbocycles. The molecule has 0 aliphatic heterocycles. The number of hydrogen-bond donors (Lipinski definition) is 1. The molecule has 1 rings (SSSR count). The van der Waals surface area contributed by atoms with E-state index >= 15 is 0 Å². The standard InChI is InChI=1S/C12H16F3NO/c1-11(2,16)8-17-7-9-3-5-10(6-4-9)12(13,14)15/h3-6H,7-8,16H2,1-2H3. The molecule has 0 amide bonds. The molecule has 0 aromatic heterocycles. The molecule has 0 unspecified atom stereocenters. The van der Waals surface area contributed by atoms with Crippen molar-refractivity contribution in [2.45, 2.75) is 32.2 Å². The average molecular weight is 247 g/mol. The van der Waals surface area contributed by atoms with Gasteiger partial charge in [0.05, 0.1) is 18.8 Å². The third-order valence-corrected chi connectivity index (χ3v) is 2.02. The SMILES string of the molecule is CC(C)(N)COCc1ccc(C(F)(F)F)cc1. The average Bonchev–Trinajstić information content (AvgIpc) is 2.15. The number of rotatable bonds is 4. The van der Waals surface area contributed by atoms with E-state index in [1.165, 1.54) is 12.1 Å². The topological polar surface area (TPSA) is 35.2 Å². The van der Waals surface area contributed by atoms with Gasteiger partial charge in [-0.25, -0.2) is 0 Å². The quantitative estimate of drug-likeness (QED) is 0.887. The van der Waals surface area contributed by atoms with E-state index in [0.29, 0.717) is 12.2 Å². The molecule has 1 aromatic rings. The molecule has 0 saturated carbocycles. The first kappa shape index (κ1) is 14.0. The summed E-state index contributed by atoms with van der Waals surface area (Å²) >= 11 is 0. The Morgan fingerprint density at radius 1 is 1.12 bits per heavy atom. The monoisotopic (exact) mass is 247 g/mol. The molecule has 96 valence electrons. The van der Waals surface area contributed by atoms with Gasteiger partial charge in [0, 0.05) is 5.54 Å². The Labute approximate surface area is 98.6 Å². The van der Waals surface area contributed by atoms with Gasteiger partial charge < -0.3 is 10.5 Å². The van der Waals surface area contributed by atoms with Crippen LogP contribution in [0, 0.1) is 0 Å². The van der Waals surface area contributed by atoms with Gasteiger partial charge in [-0.3, -0.25) is 0 Å². The van der Waals surface area contributed by atoms with Gasteiger partial charge in [-0.2, -0.15) is 13.2 Å². The highest BCUT2D eigenvalue weighted by Crippen LogP contribution is 2.29. The smallest absolute Gasteiger partial charge is 0.375 e. The van der Waals surface area contributed by atoms with Crippen molar-refractivity contribution in [1.29, 1.82) is 0 Å². The van der Waals surface area contributed by atoms with Crippen LogP contribution in [0.4, 0.5) is 13.2 Å². The van der Waals surface area contributed by atoms with Crippen molar-refractivity contribution < 1.29 is 17.9 Å². The predicted octanol–water partition coefficient (Wildman–Crippen LogP) is 2.96. The molecule has 2 N–H and O–H groups in total. The lowest BCUT2D eigenvalue weighted by molar-refractivity contribution is -0.137. The number of benzene rings is 1. The lowest BCUT2D eigenvalue weighted by Gasteiger charge is -2.18. The van der Waals surface area contributed by atoms with Gasteiger partial charge in [-0.05, 0) is 31.5 Å².